The van der Waals surface area contributed by atoms with Gasteiger partial charge < -0.3 is 14.3 Å². The van der Waals surface area contributed by atoms with Crippen LogP contribution in [0.1, 0.15) is 31.4 Å². The van der Waals surface area contributed by atoms with Crippen LogP contribution in [0.4, 0.5) is 5.95 Å². The Morgan fingerprint density at radius 1 is 1.26 bits per heavy atom. The highest BCUT2D eigenvalue weighted by Crippen LogP contribution is 2.24. The SMILES string of the molecule is O=C1CCCN1C1CCN(c2nnnn2Cc2ccon2)CC1. The first-order chi connectivity index (χ1) is 11.3. The third-order valence-electron chi connectivity index (χ3n) is 4.61. The van der Waals surface area contributed by atoms with Gasteiger partial charge in [0.15, 0.2) is 0 Å². The molecule has 0 unspecified atom stereocenters. The summed E-state index contributed by atoms with van der Waals surface area (Å²) < 4.78 is 6.58. The summed E-state index contributed by atoms with van der Waals surface area (Å²) >= 11 is 0. The van der Waals surface area contributed by atoms with Crippen molar-refractivity contribution in [1.29, 1.82) is 0 Å². The number of aromatic nitrogens is 5. The van der Waals surface area contributed by atoms with E-state index in [0.717, 1.165) is 50.5 Å². The number of nitrogens with zero attached hydrogens (tertiary/aromatic N) is 7. The van der Waals surface area contributed by atoms with Crippen molar-refractivity contribution in [2.75, 3.05) is 24.5 Å². The molecule has 0 bridgehead atoms. The fourth-order valence-electron chi connectivity index (χ4n) is 3.43. The Labute approximate surface area is 133 Å². The van der Waals surface area contributed by atoms with E-state index in [1.54, 1.807) is 10.7 Å². The number of amides is 1. The third kappa shape index (κ3) is 2.78. The zero-order chi connectivity index (χ0) is 15.6. The lowest BCUT2D eigenvalue weighted by Gasteiger charge is -2.36. The molecule has 2 aromatic heterocycles. The van der Waals surface area contributed by atoms with E-state index >= 15 is 0 Å². The molecule has 23 heavy (non-hydrogen) atoms. The van der Waals surface area contributed by atoms with Crippen LogP contribution in [0.5, 0.6) is 0 Å². The zero-order valence-electron chi connectivity index (χ0n) is 12.8. The highest BCUT2D eigenvalue weighted by atomic mass is 16.5. The van der Waals surface area contributed by atoms with Crippen LogP contribution in [0.2, 0.25) is 0 Å². The second kappa shape index (κ2) is 5.98. The van der Waals surface area contributed by atoms with Gasteiger partial charge in [-0.3, -0.25) is 4.79 Å². The van der Waals surface area contributed by atoms with E-state index in [0.29, 0.717) is 24.9 Å². The van der Waals surface area contributed by atoms with Crippen molar-refractivity contribution in [3.63, 3.8) is 0 Å². The van der Waals surface area contributed by atoms with Crippen molar-refractivity contribution in [3.05, 3.63) is 18.0 Å². The quantitative estimate of drug-likeness (QED) is 0.800. The van der Waals surface area contributed by atoms with E-state index in [2.05, 4.69) is 30.5 Å². The van der Waals surface area contributed by atoms with Gasteiger partial charge in [-0.05, 0) is 29.7 Å². The average Bonchev–Trinajstić information content (AvgIpc) is 3.30. The lowest BCUT2D eigenvalue weighted by molar-refractivity contribution is -0.130. The lowest BCUT2D eigenvalue weighted by atomic mass is 10.0. The van der Waals surface area contributed by atoms with Crippen molar-refractivity contribution in [1.82, 2.24) is 30.3 Å². The topological polar surface area (TPSA) is 93.2 Å². The van der Waals surface area contributed by atoms with Crippen LogP contribution in [0.25, 0.3) is 0 Å². The van der Waals surface area contributed by atoms with Crippen LogP contribution in [-0.2, 0) is 11.3 Å². The molecule has 9 heteroatoms. The van der Waals surface area contributed by atoms with Crippen LogP contribution in [0.15, 0.2) is 16.9 Å². The average molecular weight is 317 g/mol. The summed E-state index contributed by atoms with van der Waals surface area (Å²) in [7, 11) is 0. The summed E-state index contributed by atoms with van der Waals surface area (Å²) in [5.41, 5.74) is 0.788. The molecule has 122 valence electrons. The van der Waals surface area contributed by atoms with Crippen LogP contribution in [-0.4, -0.2) is 61.8 Å². The van der Waals surface area contributed by atoms with Crippen molar-refractivity contribution >= 4 is 11.9 Å². The summed E-state index contributed by atoms with van der Waals surface area (Å²) in [6.45, 7) is 3.11. The number of carbonyl (C=O) groups excluding carboxylic acids is 1. The highest BCUT2D eigenvalue weighted by Gasteiger charge is 2.31. The van der Waals surface area contributed by atoms with E-state index < -0.39 is 0 Å². The Kier molecular flexibility index (Phi) is 3.68. The molecule has 4 rings (SSSR count). The molecule has 2 saturated heterocycles. The van der Waals surface area contributed by atoms with Crippen molar-refractivity contribution in [2.45, 2.75) is 38.3 Å². The summed E-state index contributed by atoms with van der Waals surface area (Å²) in [5, 5.41) is 15.9. The fraction of sp³-hybridized carbons (Fsp3) is 0.643. The number of carbonyl (C=O) groups is 1. The number of piperidine rings is 1. The van der Waals surface area contributed by atoms with Gasteiger partial charge in [-0.1, -0.05) is 10.3 Å². The van der Waals surface area contributed by atoms with Gasteiger partial charge in [-0.25, -0.2) is 4.68 Å². The van der Waals surface area contributed by atoms with Crippen LogP contribution in [0.3, 0.4) is 0 Å². The molecule has 2 aliphatic heterocycles. The number of rotatable bonds is 4. The summed E-state index contributed by atoms with van der Waals surface area (Å²) in [6, 6.07) is 2.16. The second-order valence-electron chi connectivity index (χ2n) is 6.04. The molecule has 2 aromatic rings. The normalized spacial score (nSPS) is 19.7. The Morgan fingerprint density at radius 3 is 2.83 bits per heavy atom. The molecule has 2 fully saturated rings. The smallest absolute Gasteiger partial charge is 0.245 e. The Bertz CT molecular complexity index is 660. The molecule has 0 radical (unpaired) electrons. The Hall–Kier alpha value is -2.45. The number of anilines is 1. The molecule has 9 nitrogen and oxygen atoms in total. The van der Waals surface area contributed by atoms with E-state index in [9.17, 15) is 4.79 Å². The molecular weight excluding hydrogens is 298 g/mol. The van der Waals surface area contributed by atoms with Crippen molar-refractivity contribution in [2.24, 2.45) is 0 Å². The van der Waals surface area contributed by atoms with Gasteiger partial charge >= 0.3 is 0 Å². The predicted molar refractivity (Wildman–Crippen MR) is 79.6 cm³/mol. The van der Waals surface area contributed by atoms with Crippen LogP contribution >= 0.6 is 0 Å². The minimum atomic E-state index is 0.305. The first kappa shape index (κ1) is 14.2. The van der Waals surface area contributed by atoms with Gasteiger partial charge in [0.2, 0.25) is 11.9 Å². The van der Waals surface area contributed by atoms with E-state index in [1.165, 1.54) is 6.26 Å². The van der Waals surface area contributed by atoms with Gasteiger partial charge in [0, 0.05) is 38.2 Å². The lowest BCUT2D eigenvalue weighted by Crippen LogP contribution is -2.46. The number of hydrogen-bond donors (Lipinski definition) is 0. The molecule has 0 aromatic carbocycles. The predicted octanol–water partition coefficient (Wildman–Crippen LogP) is 0.301. The van der Waals surface area contributed by atoms with Crippen LogP contribution < -0.4 is 4.90 Å². The van der Waals surface area contributed by atoms with Gasteiger partial charge in [-0.15, -0.1) is 0 Å². The van der Waals surface area contributed by atoms with E-state index in [1.807, 2.05) is 0 Å². The fourth-order valence-corrected chi connectivity index (χ4v) is 3.43. The van der Waals surface area contributed by atoms with E-state index in [4.69, 9.17) is 4.52 Å². The molecule has 0 N–H and O–H groups in total. The molecule has 0 saturated carbocycles. The Morgan fingerprint density at radius 2 is 2.13 bits per heavy atom. The maximum absolute atomic E-state index is 11.9. The molecule has 0 spiro atoms. The van der Waals surface area contributed by atoms with Gasteiger partial charge in [0.25, 0.3) is 0 Å². The summed E-state index contributed by atoms with van der Waals surface area (Å²) in [6.07, 6.45) is 5.16. The van der Waals surface area contributed by atoms with Crippen LogP contribution in [0, 0.1) is 0 Å². The maximum atomic E-state index is 11.9. The third-order valence-corrected chi connectivity index (χ3v) is 4.61. The highest BCUT2D eigenvalue weighted by molar-refractivity contribution is 5.78. The molecule has 4 heterocycles. The first-order valence-electron chi connectivity index (χ1n) is 8.01. The molecular formula is C14H19N7O2. The monoisotopic (exact) mass is 317 g/mol. The second-order valence-corrected chi connectivity index (χ2v) is 6.04. The molecule has 0 aliphatic carbocycles. The number of hydrogen-bond acceptors (Lipinski definition) is 7. The number of tetrazole rings is 1. The zero-order valence-corrected chi connectivity index (χ0v) is 12.8. The largest absolute Gasteiger partial charge is 0.364 e. The minimum Gasteiger partial charge on any atom is -0.364 e. The summed E-state index contributed by atoms with van der Waals surface area (Å²) in [4.78, 5) is 16.1. The molecule has 2 aliphatic rings. The van der Waals surface area contributed by atoms with Crippen molar-refractivity contribution < 1.29 is 9.32 Å². The molecule has 1 amide bonds. The van der Waals surface area contributed by atoms with Gasteiger partial charge in [0.1, 0.15) is 12.0 Å². The van der Waals surface area contributed by atoms with Gasteiger partial charge in [0.05, 0.1) is 6.54 Å². The number of likely N-dealkylation sites (tertiary alicyclic amines) is 1. The Balaban J connectivity index is 1.41. The maximum Gasteiger partial charge on any atom is 0.245 e. The van der Waals surface area contributed by atoms with E-state index in [-0.39, 0.29) is 0 Å². The molecule has 0 atom stereocenters. The summed E-state index contributed by atoms with van der Waals surface area (Å²) in [5.74, 6) is 1.05. The first-order valence-corrected chi connectivity index (χ1v) is 8.01. The van der Waals surface area contributed by atoms with Crippen molar-refractivity contribution in [3.8, 4) is 0 Å². The van der Waals surface area contributed by atoms with Gasteiger partial charge in [-0.2, -0.15) is 0 Å². The minimum absolute atomic E-state index is 0.305. The standard InChI is InChI=1S/C14H19N7O2/c22-13-2-1-6-20(13)12-3-7-19(8-4-12)14-15-17-18-21(14)10-11-5-9-23-16-11/h5,9,12H,1-4,6-8,10H2.